The zero-order valence-corrected chi connectivity index (χ0v) is 17.6. The number of H-pyrrole nitrogens is 1. The minimum Gasteiger partial charge on any atom is -0.381 e. The van der Waals surface area contributed by atoms with Crippen molar-refractivity contribution in [2.75, 3.05) is 13.2 Å². The molecule has 31 heavy (non-hydrogen) atoms. The quantitative estimate of drug-likeness (QED) is 0.529. The van der Waals surface area contributed by atoms with Crippen molar-refractivity contribution in [2.24, 2.45) is 0 Å². The molecule has 1 saturated heterocycles. The largest absolute Gasteiger partial charge is 0.381 e. The van der Waals surface area contributed by atoms with Gasteiger partial charge in [0.2, 0.25) is 0 Å². The van der Waals surface area contributed by atoms with Crippen LogP contribution in [0.4, 0.5) is 0 Å². The Labute approximate surface area is 180 Å². The number of fused-ring (bicyclic) bond motifs is 2. The molecule has 1 aliphatic heterocycles. The lowest BCUT2D eigenvalue weighted by Gasteiger charge is -2.24. The highest BCUT2D eigenvalue weighted by atomic mass is 16.5. The Balaban J connectivity index is 1.46. The molecule has 7 heteroatoms. The number of nitrogens with one attached hydrogen (secondary N) is 1. The van der Waals surface area contributed by atoms with Gasteiger partial charge < -0.3 is 18.9 Å². The number of hydrogen-bond acceptors (Lipinski definition) is 4. The SMILES string of the molecule is O=c1[nH]cnc2c(-c3ccc4c(c3)ncn4C3CCCCC3)cn(C3CCOCC3)c12. The second-order valence-electron chi connectivity index (χ2n) is 8.87. The molecule has 1 N–H and O–H groups in total. The fraction of sp³-hybridized carbons (Fsp3) is 0.458. The summed E-state index contributed by atoms with van der Waals surface area (Å²) in [5.41, 5.74) is 5.54. The predicted octanol–water partition coefficient (Wildman–Crippen LogP) is 4.60. The molecule has 0 amide bonds. The van der Waals surface area contributed by atoms with Crippen LogP contribution in [0.1, 0.15) is 57.0 Å². The Morgan fingerprint density at radius 1 is 0.968 bits per heavy atom. The maximum atomic E-state index is 12.7. The lowest BCUT2D eigenvalue weighted by molar-refractivity contribution is 0.0707. The van der Waals surface area contributed by atoms with Crippen LogP contribution in [-0.2, 0) is 4.74 Å². The van der Waals surface area contributed by atoms with E-state index in [4.69, 9.17) is 9.72 Å². The molecular formula is C24H27N5O2. The number of nitrogens with zero attached hydrogens (tertiary/aromatic N) is 4. The molecule has 2 fully saturated rings. The summed E-state index contributed by atoms with van der Waals surface area (Å²) in [6, 6.07) is 7.28. The van der Waals surface area contributed by atoms with Crippen LogP contribution in [0.25, 0.3) is 33.2 Å². The van der Waals surface area contributed by atoms with E-state index in [1.165, 1.54) is 43.9 Å². The van der Waals surface area contributed by atoms with E-state index in [2.05, 4.69) is 43.5 Å². The topological polar surface area (TPSA) is 77.7 Å². The van der Waals surface area contributed by atoms with Gasteiger partial charge in [-0.3, -0.25) is 4.79 Å². The van der Waals surface area contributed by atoms with Crippen molar-refractivity contribution in [3.8, 4) is 11.1 Å². The van der Waals surface area contributed by atoms with E-state index in [1.807, 2.05) is 6.33 Å². The van der Waals surface area contributed by atoms with Gasteiger partial charge >= 0.3 is 0 Å². The summed E-state index contributed by atoms with van der Waals surface area (Å²) in [6.45, 7) is 1.45. The van der Waals surface area contributed by atoms with Crippen molar-refractivity contribution in [3.63, 3.8) is 0 Å². The monoisotopic (exact) mass is 417 g/mol. The summed E-state index contributed by atoms with van der Waals surface area (Å²) in [5.74, 6) is 0. The molecule has 2 aliphatic rings. The van der Waals surface area contributed by atoms with Gasteiger partial charge in [-0.1, -0.05) is 25.3 Å². The smallest absolute Gasteiger partial charge is 0.275 e. The number of imidazole rings is 1. The van der Waals surface area contributed by atoms with E-state index in [0.29, 0.717) is 11.6 Å². The molecule has 4 aromatic rings. The molecule has 4 heterocycles. The molecule has 0 bridgehead atoms. The van der Waals surface area contributed by atoms with Gasteiger partial charge in [0, 0.05) is 37.1 Å². The summed E-state index contributed by atoms with van der Waals surface area (Å²) < 4.78 is 10.00. The van der Waals surface area contributed by atoms with Crippen molar-refractivity contribution in [1.82, 2.24) is 24.1 Å². The van der Waals surface area contributed by atoms with Gasteiger partial charge in [-0.2, -0.15) is 0 Å². The molecule has 160 valence electrons. The minimum atomic E-state index is -0.0922. The van der Waals surface area contributed by atoms with Gasteiger partial charge in [-0.15, -0.1) is 0 Å². The number of rotatable bonds is 3. The molecule has 1 aliphatic carbocycles. The molecule has 7 nitrogen and oxygen atoms in total. The van der Waals surface area contributed by atoms with Gasteiger partial charge in [0.1, 0.15) is 11.0 Å². The number of aromatic nitrogens is 5. The first-order chi connectivity index (χ1) is 15.3. The molecule has 6 rings (SSSR count). The average Bonchev–Trinajstić information content (AvgIpc) is 3.42. The zero-order chi connectivity index (χ0) is 20.8. The van der Waals surface area contributed by atoms with Gasteiger partial charge in [-0.05, 0) is 43.4 Å². The van der Waals surface area contributed by atoms with Gasteiger partial charge in [0.05, 0.1) is 23.7 Å². The van der Waals surface area contributed by atoms with Crippen LogP contribution >= 0.6 is 0 Å². The number of hydrogen-bond donors (Lipinski definition) is 1. The second-order valence-corrected chi connectivity index (χ2v) is 8.87. The fourth-order valence-corrected chi connectivity index (χ4v) is 5.41. The molecule has 0 atom stereocenters. The molecule has 1 saturated carbocycles. The van der Waals surface area contributed by atoms with Crippen LogP contribution in [0.3, 0.4) is 0 Å². The highest BCUT2D eigenvalue weighted by Gasteiger charge is 2.23. The second kappa shape index (κ2) is 7.64. The maximum Gasteiger partial charge on any atom is 0.275 e. The van der Waals surface area contributed by atoms with Gasteiger partial charge in [-0.25, -0.2) is 9.97 Å². The molecule has 0 radical (unpaired) electrons. The Kier molecular flexibility index (Phi) is 4.64. The first-order valence-corrected chi connectivity index (χ1v) is 11.4. The van der Waals surface area contributed by atoms with E-state index < -0.39 is 0 Å². The van der Waals surface area contributed by atoms with E-state index in [9.17, 15) is 4.79 Å². The number of aromatic amines is 1. The molecule has 0 unspecified atom stereocenters. The highest BCUT2D eigenvalue weighted by Crippen LogP contribution is 2.35. The third-order valence-corrected chi connectivity index (χ3v) is 7.05. The lowest BCUT2D eigenvalue weighted by Crippen LogP contribution is -2.21. The lowest BCUT2D eigenvalue weighted by atomic mass is 9.95. The average molecular weight is 418 g/mol. The van der Waals surface area contributed by atoms with E-state index in [1.54, 1.807) is 0 Å². The van der Waals surface area contributed by atoms with Crippen molar-refractivity contribution in [1.29, 1.82) is 0 Å². The van der Waals surface area contributed by atoms with Crippen molar-refractivity contribution < 1.29 is 4.74 Å². The Morgan fingerprint density at radius 3 is 2.61 bits per heavy atom. The summed E-state index contributed by atoms with van der Waals surface area (Å²) >= 11 is 0. The van der Waals surface area contributed by atoms with E-state index >= 15 is 0 Å². The normalized spacial score (nSPS) is 18.8. The summed E-state index contributed by atoms with van der Waals surface area (Å²) in [6.07, 6.45) is 13.8. The molecule has 1 aromatic carbocycles. The minimum absolute atomic E-state index is 0.0922. The summed E-state index contributed by atoms with van der Waals surface area (Å²) in [4.78, 5) is 24.8. The third kappa shape index (κ3) is 3.19. The third-order valence-electron chi connectivity index (χ3n) is 7.05. The van der Waals surface area contributed by atoms with Crippen molar-refractivity contribution in [3.05, 3.63) is 47.4 Å². The van der Waals surface area contributed by atoms with Crippen LogP contribution in [0.2, 0.25) is 0 Å². The van der Waals surface area contributed by atoms with Crippen LogP contribution in [0, 0.1) is 0 Å². The first-order valence-electron chi connectivity index (χ1n) is 11.4. The molecule has 3 aromatic heterocycles. The first kappa shape index (κ1) is 18.8. The van der Waals surface area contributed by atoms with Gasteiger partial charge in [0.15, 0.2) is 0 Å². The van der Waals surface area contributed by atoms with Crippen LogP contribution < -0.4 is 5.56 Å². The molecule has 0 spiro atoms. The van der Waals surface area contributed by atoms with Crippen molar-refractivity contribution >= 4 is 22.1 Å². The summed E-state index contributed by atoms with van der Waals surface area (Å²) in [5, 5.41) is 0. The van der Waals surface area contributed by atoms with E-state index in [-0.39, 0.29) is 11.6 Å². The van der Waals surface area contributed by atoms with Crippen molar-refractivity contribution in [2.45, 2.75) is 57.0 Å². The van der Waals surface area contributed by atoms with Crippen LogP contribution in [-0.4, -0.2) is 37.3 Å². The van der Waals surface area contributed by atoms with Crippen LogP contribution in [0.15, 0.2) is 41.8 Å². The molecular weight excluding hydrogens is 390 g/mol. The standard InChI is InChI=1S/C24H27N5O2/c30-24-23-22(25-14-26-24)19(13-28(23)18-8-10-31-11-9-18)16-6-7-21-20(12-16)27-15-29(21)17-4-2-1-3-5-17/h6-7,12-15,17-18H,1-5,8-11H2,(H,25,26,30). The maximum absolute atomic E-state index is 12.7. The van der Waals surface area contributed by atoms with Gasteiger partial charge in [0.25, 0.3) is 5.56 Å². The zero-order valence-electron chi connectivity index (χ0n) is 17.6. The van der Waals surface area contributed by atoms with Crippen LogP contribution in [0.5, 0.6) is 0 Å². The fourth-order valence-electron chi connectivity index (χ4n) is 5.41. The Bertz CT molecular complexity index is 1290. The number of benzene rings is 1. The summed E-state index contributed by atoms with van der Waals surface area (Å²) in [7, 11) is 0. The number of ether oxygens (including phenoxy) is 1. The Morgan fingerprint density at radius 2 is 1.77 bits per heavy atom. The predicted molar refractivity (Wildman–Crippen MR) is 120 cm³/mol. The Hall–Kier alpha value is -2.93. The highest BCUT2D eigenvalue weighted by molar-refractivity contribution is 5.95. The van der Waals surface area contributed by atoms with E-state index in [0.717, 1.165) is 48.2 Å².